The average Bonchev–Trinajstić information content (AvgIpc) is 2.34. The van der Waals surface area contributed by atoms with Gasteiger partial charge < -0.3 is 0 Å². The zero-order valence-electron chi connectivity index (χ0n) is 10.3. The van der Waals surface area contributed by atoms with E-state index in [4.69, 9.17) is 0 Å². The van der Waals surface area contributed by atoms with E-state index in [1.54, 1.807) is 0 Å². The SMILES string of the molecule is C=c1cccc/c1=C/CCc1ccc(C)cc1. The third-order valence-electron chi connectivity index (χ3n) is 2.97. The first-order chi connectivity index (χ1) is 8.25. The molecule has 0 aliphatic heterocycles. The van der Waals surface area contributed by atoms with Crippen LogP contribution in [0.25, 0.3) is 12.7 Å². The molecule has 17 heavy (non-hydrogen) atoms. The number of rotatable bonds is 3. The van der Waals surface area contributed by atoms with Crippen LogP contribution in [0.1, 0.15) is 17.5 Å². The van der Waals surface area contributed by atoms with Crippen LogP contribution in [0.2, 0.25) is 0 Å². The van der Waals surface area contributed by atoms with Crippen LogP contribution in [0.5, 0.6) is 0 Å². The summed E-state index contributed by atoms with van der Waals surface area (Å²) in [4.78, 5) is 0. The van der Waals surface area contributed by atoms with Crippen LogP contribution in [-0.2, 0) is 6.42 Å². The van der Waals surface area contributed by atoms with Crippen molar-refractivity contribution in [3.05, 3.63) is 70.1 Å². The molecule has 0 saturated heterocycles. The summed E-state index contributed by atoms with van der Waals surface area (Å²) < 4.78 is 0. The minimum absolute atomic E-state index is 1.07. The largest absolute Gasteiger partial charge is 0.0912 e. The molecule has 0 spiro atoms. The molecule has 0 bridgehead atoms. The van der Waals surface area contributed by atoms with Gasteiger partial charge >= 0.3 is 0 Å². The molecule has 2 aromatic carbocycles. The Bertz CT molecular complexity index is 576. The fourth-order valence-electron chi connectivity index (χ4n) is 1.88. The second kappa shape index (κ2) is 5.49. The van der Waals surface area contributed by atoms with E-state index in [0.717, 1.165) is 18.1 Å². The van der Waals surface area contributed by atoms with Crippen molar-refractivity contribution in [2.75, 3.05) is 0 Å². The Balaban J connectivity index is 2.05. The molecule has 0 heteroatoms. The normalized spacial score (nSPS) is 11.7. The van der Waals surface area contributed by atoms with Crippen LogP contribution >= 0.6 is 0 Å². The van der Waals surface area contributed by atoms with E-state index in [2.05, 4.69) is 62.0 Å². The van der Waals surface area contributed by atoms with Crippen molar-refractivity contribution < 1.29 is 0 Å². The van der Waals surface area contributed by atoms with E-state index < -0.39 is 0 Å². The van der Waals surface area contributed by atoms with E-state index in [1.807, 2.05) is 6.07 Å². The highest BCUT2D eigenvalue weighted by molar-refractivity contribution is 5.29. The maximum absolute atomic E-state index is 4.03. The first-order valence-corrected chi connectivity index (χ1v) is 6.05. The highest BCUT2D eigenvalue weighted by atomic mass is 14.0. The molecule has 0 radical (unpaired) electrons. The van der Waals surface area contributed by atoms with E-state index in [0.29, 0.717) is 0 Å². The molecule has 2 aromatic rings. The number of hydrogen-bond donors (Lipinski definition) is 0. The molecule has 0 fully saturated rings. The van der Waals surface area contributed by atoms with Crippen molar-refractivity contribution in [3.8, 4) is 0 Å². The summed E-state index contributed by atoms with van der Waals surface area (Å²) in [5.41, 5.74) is 2.72. The van der Waals surface area contributed by atoms with Crippen LogP contribution in [-0.4, -0.2) is 0 Å². The molecular weight excluding hydrogens is 204 g/mol. The number of hydrogen-bond acceptors (Lipinski definition) is 0. The van der Waals surface area contributed by atoms with E-state index in [9.17, 15) is 0 Å². The van der Waals surface area contributed by atoms with Crippen molar-refractivity contribution in [3.63, 3.8) is 0 Å². The zero-order valence-corrected chi connectivity index (χ0v) is 10.3. The fourth-order valence-corrected chi connectivity index (χ4v) is 1.88. The van der Waals surface area contributed by atoms with Crippen LogP contribution in [0, 0.1) is 6.92 Å². The lowest BCUT2D eigenvalue weighted by Gasteiger charge is -1.99. The van der Waals surface area contributed by atoms with Gasteiger partial charge in [0.2, 0.25) is 0 Å². The molecule has 0 amide bonds. The standard InChI is InChI=1S/C17H18/c1-14-10-12-16(13-11-14)7-5-9-17-8-4-3-6-15(17)2/h3-4,6,8-13H,2,5,7H2,1H3/b17-9-. The monoisotopic (exact) mass is 222 g/mol. The highest BCUT2D eigenvalue weighted by Gasteiger charge is 1.90. The molecule has 86 valence electrons. The van der Waals surface area contributed by atoms with Crippen LogP contribution in [0.15, 0.2) is 48.5 Å². The summed E-state index contributed by atoms with van der Waals surface area (Å²) >= 11 is 0. The van der Waals surface area contributed by atoms with Gasteiger partial charge in [0.25, 0.3) is 0 Å². The van der Waals surface area contributed by atoms with Crippen LogP contribution in [0.4, 0.5) is 0 Å². The first kappa shape index (κ1) is 11.7. The Morgan fingerprint density at radius 2 is 1.71 bits per heavy atom. The van der Waals surface area contributed by atoms with Gasteiger partial charge in [0.05, 0.1) is 0 Å². The molecule has 0 saturated carbocycles. The second-order valence-corrected chi connectivity index (χ2v) is 4.43. The molecule has 0 aliphatic carbocycles. The highest BCUT2D eigenvalue weighted by Crippen LogP contribution is 2.05. The first-order valence-electron chi connectivity index (χ1n) is 6.05. The molecule has 0 nitrogen and oxygen atoms in total. The fraction of sp³-hybridized carbons (Fsp3) is 0.176. The Morgan fingerprint density at radius 1 is 1.00 bits per heavy atom. The van der Waals surface area contributed by atoms with Gasteiger partial charge in [-0.3, -0.25) is 0 Å². The lowest BCUT2D eigenvalue weighted by atomic mass is 10.1. The van der Waals surface area contributed by atoms with Gasteiger partial charge in [-0.15, -0.1) is 0 Å². The molecule has 0 aromatic heterocycles. The molecule has 2 rings (SSSR count). The predicted octanol–water partition coefficient (Wildman–Crippen LogP) is 2.82. The lowest BCUT2D eigenvalue weighted by Crippen LogP contribution is -2.21. The maximum Gasteiger partial charge on any atom is -0.0230 e. The van der Waals surface area contributed by atoms with E-state index >= 15 is 0 Å². The molecular formula is C17H18. The van der Waals surface area contributed by atoms with Gasteiger partial charge in [0, 0.05) is 0 Å². The Labute approximate surface area is 103 Å². The Hall–Kier alpha value is -1.82. The molecule has 0 N–H and O–H groups in total. The van der Waals surface area contributed by atoms with Gasteiger partial charge in [-0.25, -0.2) is 0 Å². The minimum Gasteiger partial charge on any atom is -0.0912 e. The number of aryl methyl sites for hydroxylation is 2. The van der Waals surface area contributed by atoms with Crippen LogP contribution in [0.3, 0.4) is 0 Å². The van der Waals surface area contributed by atoms with Gasteiger partial charge in [-0.1, -0.05) is 66.7 Å². The van der Waals surface area contributed by atoms with Gasteiger partial charge in [0.1, 0.15) is 0 Å². The molecule has 0 unspecified atom stereocenters. The summed E-state index contributed by atoms with van der Waals surface area (Å²) in [6.07, 6.45) is 4.42. The maximum atomic E-state index is 4.03. The van der Waals surface area contributed by atoms with Gasteiger partial charge in [-0.05, 0) is 35.8 Å². The smallest absolute Gasteiger partial charge is 0.0230 e. The minimum atomic E-state index is 1.07. The summed E-state index contributed by atoms with van der Waals surface area (Å²) in [6, 6.07) is 17.0. The summed E-state index contributed by atoms with van der Waals surface area (Å²) in [7, 11) is 0. The third kappa shape index (κ3) is 3.32. The topological polar surface area (TPSA) is 0 Å². The molecule has 0 heterocycles. The number of benzene rings is 2. The molecule has 0 aliphatic rings. The summed E-state index contributed by atoms with van der Waals surface area (Å²) in [5, 5.41) is 2.36. The van der Waals surface area contributed by atoms with Crippen molar-refractivity contribution >= 4 is 12.7 Å². The van der Waals surface area contributed by atoms with Crippen molar-refractivity contribution in [1.82, 2.24) is 0 Å². The van der Waals surface area contributed by atoms with E-state index in [-0.39, 0.29) is 0 Å². The quantitative estimate of drug-likeness (QED) is 0.749. The Morgan fingerprint density at radius 3 is 2.41 bits per heavy atom. The van der Waals surface area contributed by atoms with Crippen molar-refractivity contribution in [2.24, 2.45) is 0 Å². The van der Waals surface area contributed by atoms with Crippen LogP contribution < -0.4 is 10.4 Å². The third-order valence-corrected chi connectivity index (χ3v) is 2.97. The van der Waals surface area contributed by atoms with Gasteiger partial charge in [-0.2, -0.15) is 0 Å². The van der Waals surface area contributed by atoms with Crippen molar-refractivity contribution in [1.29, 1.82) is 0 Å². The second-order valence-electron chi connectivity index (χ2n) is 4.43. The zero-order chi connectivity index (χ0) is 12.1. The Kier molecular flexibility index (Phi) is 3.77. The van der Waals surface area contributed by atoms with Gasteiger partial charge in [0.15, 0.2) is 0 Å². The molecule has 0 atom stereocenters. The average molecular weight is 222 g/mol. The summed E-state index contributed by atoms with van der Waals surface area (Å²) in [6.45, 7) is 6.15. The van der Waals surface area contributed by atoms with Crippen molar-refractivity contribution in [2.45, 2.75) is 19.8 Å². The summed E-state index contributed by atoms with van der Waals surface area (Å²) in [5.74, 6) is 0. The van der Waals surface area contributed by atoms with E-state index in [1.165, 1.54) is 16.3 Å². The lowest BCUT2D eigenvalue weighted by molar-refractivity contribution is 1.03. The predicted molar refractivity (Wildman–Crippen MR) is 75.2 cm³/mol.